The van der Waals surface area contributed by atoms with Gasteiger partial charge in [0.05, 0.1) is 5.69 Å². The monoisotopic (exact) mass is 383 g/mol. The molecule has 1 aliphatic rings. The van der Waals surface area contributed by atoms with Crippen LogP contribution in [0.1, 0.15) is 34.2 Å². The molecule has 4 nitrogen and oxygen atoms in total. The molecule has 1 aromatic carbocycles. The first kappa shape index (κ1) is 15.4. The van der Waals surface area contributed by atoms with E-state index >= 15 is 0 Å². The SMILES string of the molecule is CCc1nc2ccc(Br)cn2c1C(=O)N1CCc2ccccc2C1. The number of rotatable bonds is 2. The Hall–Kier alpha value is -2.14. The first-order valence-electron chi connectivity index (χ1n) is 8.20. The van der Waals surface area contributed by atoms with Gasteiger partial charge in [0.25, 0.3) is 5.91 Å². The van der Waals surface area contributed by atoms with Gasteiger partial charge >= 0.3 is 0 Å². The molecule has 4 rings (SSSR count). The van der Waals surface area contributed by atoms with Crippen LogP contribution in [0.4, 0.5) is 0 Å². The normalized spacial score (nSPS) is 14.0. The Morgan fingerprint density at radius 1 is 1.21 bits per heavy atom. The molecule has 122 valence electrons. The van der Waals surface area contributed by atoms with E-state index in [0.29, 0.717) is 12.2 Å². The summed E-state index contributed by atoms with van der Waals surface area (Å²) in [5, 5.41) is 0. The lowest BCUT2D eigenvalue weighted by molar-refractivity contribution is 0.0726. The van der Waals surface area contributed by atoms with Crippen molar-refractivity contribution in [3.8, 4) is 0 Å². The van der Waals surface area contributed by atoms with Crippen molar-refractivity contribution in [2.75, 3.05) is 6.54 Å². The number of amides is 1. The van der Waals surface area contributed by atoms with Crippen molar-refractivity contribution in [1.82, 2.24) is 14.3 Å². The van der Waals surface area contributed by atoms with Crippen LogP contribution in [0.15, 0.2) is 47.1 Å². The van der Waals surface area contributed by atoms with Crippen LogP contribution >= 0.6 is 15.9 Å². The molecule has 0 aliphatic carbocycles. The van der Waals surface area contributed by atoms with Gasteiger partial charge < -0.3 is 4.90 Å². The summed E-state index contributed by atoms with van der Waals surface area (Å²) in [7, 11) is 0. The van der Waals surface area contributed by atoms with Gasteiger partial charge in [-0.3, -0.25) is 9.20 Å². The van der Waals surface area contributed by atoms with Crippen molar-refractivity contribution < 1.29 is 4.79 Å². The minimum atomic E-state index is 0.0620. The van der Waals surface area contributed by atoms with Gasteiger partial charge in [0.2, 0.25) is 0 Å². The highest BCUT2D eigenvalue weighted by atomic mass is 79.9. The van der Waals surface area contributed by atoms with E-state index in [1.165, 1.54) is 11.1 Å². The number of aromatic nitrogens is 2. The third kappa shape index (κ3) is 2.53. The maximum absolute atomic E-state index is 13.2. The molecular weight excluding hydrogens is 366 g/mol. The lowest BCUT2D eigenvalue weighted by Gasteiger charge is -2.29. The Balaban J connectivity index is 1.75. The smallest absolute Gasteiger partial charge is 0.273 e. The lowest BCUT2D eigenvalue weighted by Crippen LogP contribution is -2.37. The molecule has 0 saturated heterocycles. The molecule has 0 bridgehead atoms. The first-order chi connectivity index (χ1) is 11.7. The molecule has 1 amide bonds. The summed E-state index contributed by atoms with van der Waals surface area (Å²) in [6.07, 6.45) is 3.57. The highest BCUT2D eigenvalue weighted by Crippen LogP contribution is 2.23. The highest BCUT2D eigenvalue weighted by molar-refractivity contribution is 9.10. The highest BCUT2D eigenvalue weighted by Gasteiger charge is 2.26. The van der Waals surface area contributed by atoms with E-state index in [4.69, 9.17) is 0 Å². The summed E-state index contributed by atoms with van der Waals surface area (Å²) in [5.41, 5.74) is 4.95. The fraction of sp³-hybridized carbons (Fsp3) is 0.263. The minimum absolute atomic E-state index is 0.0620. The fourth-order valence-electron chi connectivity index (χ4n) is 3.36. The number of benzene rings is 1. The Labute approximate surface area is 149 Å². The van der Waals surface area contributed by atoms with Gasteiger partial charge in [0.1, 0.15) is 11.3 Å². The van der Waals surface area contributed by atoms with Gasteiger partial charge in [0, 0.05) is 23.8 Å². The third-order valence-electron chi connectivity index (χ3n) is 4.61. The summed E-state index contributed by atoms with van der Waals surface area (Å²) in [5.74, 6) is 0.0620. The fourth-order valence-corrected chi connectivity index (χ4v) is 3.70. The van der Waals surface area contributed by atoms with E-state index in [-0.39, 0.29) is 5.91 Å². The second-order valence-electron chi connectivity index (χ2n) is 6.08. The third-order valence-corrected chi connectivity index (χ3v) is 5.08. The van der Waals surface area contributed by atoms with Crippen LogP contribution in [0.25, 0.3) is 5.65 Å². The molecule has 0 atom stereocenters. The number of hydrogen-bond donors (Lipinski definition) is 0. The van der Waals surface area contributed by atoms with Gasteiger partial charge in [-0.25, -0.2) is 4.98 Å². The van der Waals surface area contributed by atoms with E-state index in [2.05, 4.69) is 39.1 Å². The summed E-state index contributed by atoms with van der Waals surface area (Å²) in [4.78, 5) is 19.8. The topological polar surface area (TPSA) is 37.6 Å². The first-order valence-corrected chi connectivity index (χ1v) is 8.99. The van der Waals surface area contributed by atoms with Gasteiger partial charge in [0.15, 0.2) is 0 Å². The number of fused-ring (bicyclic) bond motifs is 2. The van der Waals surface area contributed by atoms with Gasteiger partial charge in [-0.05, 0) is 52.0 Å². The van der Waals surface area contributed by atoms with Gasteiger partial charge in [-0.2, -0.15) is 0 Å². The van der Waals surface area contributed by atoms with E-state index < -0.39 is 0 Å². The molecular formula is C19H18BrN3O. The van der Waals surface area contributed by atoms with Crippen molar-refractivity contribution in [1.29, 1.82) is 0 Å². The van der Waals surface area contributed by atoms with Crippen molar-refractivity contribution in [3.63, 3.8) is 0 Å². The average Bonchev–Trinajstić information content (AvgIpc) is 2.98. The summed E-state index contributed by atoms with van der Waals surface area (Å²) >= 11 is 3.49. The van der Waals surface area contributed by atoms with E-state index in [9.17, 15) is 4.79 Å². The molecule has 3 aromatic rings. The van der Waals surface area contributed by atoms with Crippen LogP contribution in [0.2, 0.25) is 0 Å². The summed E-state index contributed by atoms with van der Waals surface area (Å²) < 4.78 is 2.85. The quantitative estimate of drug-likeness (QED) is 0.673. The van der Waals surface area contributed by atoms with Crippen molar-refractivity contribution in [3.05, 3.63) is 69.6 Å². The summed E-state index contributed by atoms with van der Waals surface area (Å²) in [6.45, 7) is 3.46. The van der Waals surface area contributed by atoms with Crippen LogP contribution < -0.4 is 0 Å². The Morgan fingerprint density at radius 3 is 2.79 bits per heavy atom. The number of pyridine rings is 1. The van der Waals surface area contributed by atoms with Crippen LogP contribution in [-0.2, 0) is 19.4 Å². The number of hydrogen-bond acceptors (Lipinski definition) is 2. The zero-order chi connectivity index (χ0) is 16.7. The van der Waals surface area contributed by atoms with Crippen LogP contribution in [0, 0.1) is 0 Å². The Kier molecular flexibility index (Phi) is 3.88. The molecule has 24 heavy (non-hydrogen) atoms. The maximum Gasteiger partial charge on any atom is 0.273 e. The van der Waals surface area contributed by atoms with Crippen molar-refractivity contribution in [2.24, 2.45) is 0 Å². The second-order valence-corrected chi connectivity index (χ2v) is 7.00. The number of imidazole rings is 1. The van der Waals surface area contributed by atoms with Crippen molar-refractivity contribution in [2.45, 2.75) is 26.3 Å². The Morgan fingerprint density at radius 2 is 2.00 bits per heavy atom. The second kappa shape index (κ2) is 6.06. The molecule has 2 aromatic heterocycles. The number of carbonyl (C=O) groups excluding carboxylic acids is 1. The standard InChI is InChI=1S/C19H18BrN3O/c1-2-16-18(23-12-15(20)7-8-17(23)21-16)19(24)22-10-9-13-5-3-4-6-14(13)11-22/h3-8,12H,2,9-11H2,1H3. The minimum Gasteiger partial charge on any atom is -0.333 e. The maximum atomic E-state index is 13.2. The number of nitrogens with zero attached hydrogens (tertiary/aromatic N) is 3. The number of carbonyl (C=O) groups is 1. The van der Waals surface area contributed by atoms with Gasteiger partial charge in [-0.1, -0.05) is 31.2 Å². The largest absolute Gasteiger partial charge is 0.333 e. The molecule has 0 radical (unpaired) electrons. The van der Waals surface area contributed by atoms with E-state index in [1.807, 2.05) is 40.6 Å². The molecule has 3 heterocycles. The lowest BCUT2D eigenvalue weighted by atomic mass is 9.99. The Bertz CT molecular complexity index is 932. The molecule has 0 N–H and O–H groups in total. The number of aryl methyl sites for hydroxylation is 1. The predicted molar refractivity (Wildman–Crippen MR) is 97.2 cm³/mol. The van der Waals surface area contributed by atoms with Crippen LogP contribution in [-0.4, -0.2) is 26.7 Å². The van der Waals surface area contributed by atoms with Crippen molar-refractivity contribution >= 4 is 27.5 Å². The average molecular weight is 384 g/mol. The van der Waals surface area contributed by atoms with Gasteiger partial charge in [-0.15, -0.1) is 0 Å². The zero-order valence-electron chi connectivity index (χ0n) is 13.5. The molecule has 0 fully saturated rings. The van der Waals surface area contributed by atoms with E-state index in [0.717, 1.165) is 35.2 Å². The summed E-state index contributed by atoms with van der Waals surface area (Å²) in [6, 6.07) is 12.3. The zero-order valence-corrected chi connectivity index (χ0v) is 15.1. The van der Waals surface area contributed by atoms with Crippen LogP contribution in [0.5, 0.6) is 0 Å². The molecule has 1 aliphatic heterocycles. The number of halogens is 1. The molecule has 0 saturated carbocycles. The molecule has 0 unspecified atom stereocenters. The van der Waals surface area contributed by atoms with E-state index in [1.54, 1.807) is 0 Å². The predicted octanol–water partition coefficient (Wildman–Crippen LogP) is 3.86. The molecule has 5 heteroatoms. The molecule has 0 spiro atoms. The van der Waals surface area contributed by atoms with Crippen LogP contribution in [0.3, 0.4) is 0 Å².